The maximum absolute atomic E-state index is 5.18. The summed E-state index contributed by atoms with van der Waals surface area (Å²) in [5.41, 5.74) is 2.87. The highest BCUT2D eigenvalue weighted by Gasteiger charge is 2.03. The standard InChI is InChI=1S/C20H26O.ClH/c1-17(16-19-10-4-3-5-11-19)8-6-7-9-18-12-14-20(21-2)15-13-18;/h3-5,10-15,17H,6-9,16H2,1-2H3;1H/t17-;/m1./s1. The third-order valence-corrected chi connectivity index (χ3v) is 4.00. The van der Waals surface area contributed by atoms with E-state index < -0.39 is 0 Å². The molecular weight excluding hydrogens is 292 g/mol. The van der Waals surface area contributed by atoms with Crippen LogP contribution in [-0.2, 0) is 12.8 Å². The van der Waals surface area contributed by atoms with Gasteiger partial charge in [0.1, 0.15) is 5.75 Å². The van der Waals surface area contributed by atoms with Crippen LogP contribution in [0.25, 0.3) is 0 Å². The minimum atomic E-state index is 0. The van der Waals surface area contributed by atoms with Crippen LogP contribution in [0.5, 0.6) is 5.75 Å². The molecule has 0 bridgehead atoms. The average Bonchev–Trinajstić information content (AvgIpc) is 2.53. The Morgan fingerprint density at radius 3 is 2.18 bits per heavy atom. The molecule has 0 radical (unpaired) electrons. The summed E-state index contributed by atoms with van der Waals surface area (Å²) in [6.07, 6.45) is 6.25. The smallest absolute Gasteiger partial charge is 0.118 e. The van der Waals surface area contributed by atoms with Gasteiger partial charge in [-0.3, -0.25) is 0 Å². The highest BCUT2D eigenvalue weighted by Crippen LogP contribution is 2.17. The zero-order valence-electron chi connectivity index (χ0n) is 13.6. The van der Waals surface area contributed by atoms with Crippen molar-refractivity contribution >= 4 is 12.4 Å². The van der Waals surface area contributed by atoms with Gasteiger partial charge in [0.05, 0.1) is 7.11 Å². The molecule has 2 aromatic carbocycles. The molecule has 0 amide bonds. The van der Waals surface area contributed by atoms with E-state index in [1.807, 2.05) is 12.1 Å². The largest absolute Gasteiger partial charge is 0.497 e. The lowest BCUT2D eigenvalue weighted by molar-refractivity contribution is 0.414. The fraction of sp³-hybridized carbons (Fsp3) is 0.400. The van der Waals surface area contributed by atoms with E-state index in [0.717, 1.165) is 11.7 Å². The van der Waals surface area contributed by atoms with E-state index in [-0.39, 0.29) is 12.4 Å². The summed E-state index contributed by atoms with van der Waals surface area (Å²) in [6, 6.07) is 19.3. The Bertz CT molecular complexity index is 507. The van der Waals surface area contributed by atoms with Crippen molar-refractivity contribution in [3.8, 4) is 5.75 Å². The highest BCUT2D eigenvalue weighted by molar-refractivity contribution is 5.85. The lowest BCUT2D eigenvalue weighted by Crippen LogP contribution is -2.00. The van der Waals surface area contributed by atoms with Gasteiger partial charge < -0.3 is 4.74 Å². The first kappa shape index (κ1) is 18.6. The second-order valence-corrected chi connectivity index (χ2v) is 5.89. The minimum Gasteiger partial charge on any atom is -0.497 e. The molecule has 0 heterocycles. The lowest BCUT2D eigenvalue weighted by atomic mass is 9.95. The average molecular weight is 319 g/mol. The van der Waals surface area contributed by atoms with Crippen LogP contribution in [0.4, 0.5) is 0 Å². The van der Waals surface area contributed by atoms with Crippen LogP contribution in [-0.4, -0.2) is 7.11 Å². The van der Waals surface area contributed by atoms with E-state index in [9.17, 15) is 0 Å². The predicted octanol–water partition coefficient (Wildman–Crippen LogP) is 5.71. The van der Waals surface area contributed by atoms with Gasteiger partial charge in [-0.15, -0.1) is 12.4 Å². The topological polar surface area (TPSA) is 9.23 Å². The van der Waals surface area contributed by atoms with Crippen molar-refractivity contribution < 1.29 is 4.74 Å². The Kier molecular flexibility index (Phi) is 8.69. The summed E-state index contributed by atoms with van der Waals surface area (Å²) in [5, 5.41) is 0. The highest BCUT2D eigenvalue weighted by atomic mass is 35.5. The molecule has 120 valence electrons. The van der Waals surface area contributed by atoms with E-state index in [1.165, 1.54) is 43.2 Å². The summed E-state index contributed by atoms with van der Waals surface area (Å²) in [6.45, 7) is 2.36. The van der Waals surface area contributed by atoms with E-state index >= 15 is 0 Å². The molecule has 0 aromatic heterocycles. The van der Waals surface area contributed by atoms with Crippen LogP contribution in [0, 0.1) is 5.92 Å². The van der Waals surface area contributed by atoms with E-state index in [0.29, 0.717) is 0 Å². The molecule has 2 heteroatoms. The maximum Gasteiger partial charge on any atom is 0.118 e. The maximum atomic E-state index is 5.18. The number of methoxy groups -OCH3 is 1. The Morgan fingerprint density at radius 2 is 1.55 bits per heavy atom. The number of hydrogen-bond acceptors (Lipinski definition) is 1. The van der Waals surface area contributed by atoms with E-state index in [1.54, 1.807) is 7.11 Å². The molecule has 0 saturated heterocycles. The van der Waals surface area contributed by atoms with Crippen molar-refractivity contribution in [1.82, 2.24) is 0 Å². The van der Waals surface area contributed by atoms with Crippen molar-refractivity contribution in [3.05, 3.63) is 65.7 Å². The number of aryl methyl sites for hydroxylation is 1. The monoisotopic (exact) mass is 318 g/mol. The number of rotatable bonds is 8. The van der Waals surface area contributed by atoms with Crippen LogP contribution >= 0.6 is 12.4 Å². The van der Waals surface area contributed by atoms with Crippen LogP contribution in [0.15, 0.2) is 54.6 Å². The van der Waals surface area contributed by atoms with Gasteiger partial charge >= 0.3 is 0 Å². The molecule has 0 fully saturated rings. The molecule has 0 N–H and O–H groups in total. The van der Waals surface area contributed by atoms with Crippen LogP contribution < -0.4 is 4.74 Å². The predicted molar refractivity (Wildman–Crippen MR) is 97.1 cm³/mol. The van der Waals surface area contributed by atoms with Gasteiger partial charge in [0, 0.05) is 0 Å². The Labute approximate surface area is 141 Å². The van der Waals surface area contributed by atoms with Gasteiger partial charge in [-0.2, -0.15) is 0 Å². The molecule has 0 aliphatic carbocycles. The third kappa shape index (κ3) is 6.53. The molecule has 1 atom stereocenters. The van der Waals surface area contributed by atoms with Crippen LogP contribution in [0.3, 0.4) is 0 Å². The Balaban J connectivity index is 0.00000242. The second kappa shape index (κ2) is 10.3. The zero-order valence-corrected chi connectivity index (χ0v) is 14.4. The number of unbranched alkanes of at least 4 members (excludes halogenated alkanes) is 1. The SMILES string of the molecule is COc1ccc(CCCC[C@@H](C)Cc2ccccc2)cc1.Cl. The summed E-state index contributed by atoms with van der Waals surface area (Å²) in [7, 11) is 1.71. The first-order chi connectivity index (χ1) is 10.3. The number of ether oxygens (including phenoxy) is 1. The second-order valence-electron chi connectivity index (χ2n) is 5.89. The minimum absolute atomic E-state index is 0. The van der Waals surface area contributed by atoms with Crippen molar-refractivity contribution in [2.24, 2.45) is 5.92 Å². The van der Waals surface area contributed by atoms with Gasteiger partial charge in [-0.05, 0) is 48.4 Å². The first-order valence-corrected chi connectivity index (χ1v) is 7.95. The molecule has 0 spiro atoms. The summed E-state index contributed by atoms with van der Waals surface area (Å²) in [5.74, 6) is 1.71. The van der Waals surface area contributed by atoms with Gasteiger partial charge in [0.15, 0.2) is 0 Å². The van der Waals surface area contributed by atoms with Gasteiger partial charge in [-0.1, -0.05) is 62.2 Å². The van der Waals surface area contributed by atoms with Crippen molar-refractivity contribution in [3.63, 3.8) is 0 Å². The fourth-order valence-corrected chi connectivity index (χ4v) is 2.73. The Morgan fingerprint density at radius 1 is 0.864 bits per heavy atom. The van der Waals surface area contributed by atoms with E-state index in [4.69, 9.17) is 4.74 Å². The number of benzene rings is 2. The van der Waals surface area contributed by atoms with Crippen LogP contribution in [0.1, 0.15) is 37.3 Å². The molecular formula is C20H27ClO. The molecule has 0 saturated carbocycles. The lowest BCUT2D eigenvalue weighted by Gasteiger charge is -2.11. The van der Waals surface area contributed by atoms with Gasteiger partial charge in [-0.25, -0.2) is 0 Å². The zero-order chi connectivity index (χ0) is 14.9. The molecule has 22 heavy (non-hydrogen) atoms. The molecule has 0 aliphatic rings. The third-order valence-electron chi connectivity index (χ3n) is 4.00. The summed E-state index contributed by atoms with van der Waals surface area (Å²) < 4.78 is 5.18. The normalized spacial score (nSPS) is 11.5. The van der Waals surface area contributed by atoms with Gasteiger partial charge in [0.25, 0.3) is 0 Å². The number of halogens is 1. The molecule has 0 aliphatic heterocycles. The fourth-order valence-electron chi connectivity index (χ4n) is 2.73. The quantitative estimate of drug-likeness (QED) is 0.566. The van der Waals surface area contributed by atoms with Crippen molar-refractivity contribution in [2.75, 3.05) is 7.11 Å². The summed E-state index contributed by atoms with van der Waals surface area (Å²) in [4.78, 5) is 0. The first-order valence-electron chi connectivity index (χ1n) is 7.95. The molecule has 2 rings (SSSR count). The molecule has 2 aromatic rings. The van der Waals surface area contributed by atoms with E-state index in [2.05, 4.69) is 49.4 Å². The van der Waals surface area contributed by atoms with Crippen LogP contribution in [0.2, 0.25) is 0 Å². The van der Waals surface area contributed by atoms with Crippen molar-refractivity contribution in [2.45, 2.75) is 39.0 Å². The van der Waals surface area contributed by atoms with Crippen molar-refractivity contribution in [1.29, 1.82) is 0 Å². The molecule has 0 unspecified atom stereocenters. The Hall–Kier alpha value is -1.47. The molecule has 1 nitrogen and oxygen atoms in total. The summed E-state index contributed by atoms with van der Waals surface area (Å²) >= 11 is 0. The number of hydrogen-bond donors (Lipinski definition) is 0. The van der Waals surface area contributed by atoms with Gasteiger partial charge in [0.2, 0.25) is 0 Å².